The molecule has 0 aliphatic rings. The van der Waals surface area contributed by atoms with Crippen molar-refractivity contribution in [3.63, 3.8) is 0 Å². The molecule has 1 aromatic carbocycles. The molecule has 3 N–H and O–H groups in total. The average molecular weight is 216 g/mol. The fourth-order valence-corrected chi connectivity index (χ4v) is 1.14. The highest BCUT2D eigenvalue weighted by atomic mass is 19.2. The lowest BCUT2D eigenvalue weighted by atomic mass is 10.2. The van der Waals surface area contributed by atoms with Crippen LogP contribution < -0.4 is 11.1 Å². The molecule has 0 radical (unpaired) electrons. The molecule has 0 atom stereocenters. The predicted molar refractivity (Wildman–Crippen MR) is 55.8 cm³/mol. The van der Waals surface area contributed by atoms with Crippen molar-refractivity contribution < 1.29 is 13.5 Å². The van der Waals surface area contributed by atoms with Gasteiger partial charge in [-0.05, 0) is 19.1 Å². The van der Waals surface area contributed by atoms with Crippen molar-refractivity contribution in [1.82, 2.24) is 0 Å². The highest BCUT2D eigenvalue weighted by molar-refractivity contribution is 5.66. The van der Waals surface area contributed by atoms with Crippen LogP contribution in [0.2, 0.25) is 0 Å². The molecule has 15 heavy (non-hydrogen) atoms. The van der Waals surface area contributed by atoms with Crippen LogP contribution >= 0.6 is 0 Å². The van der Waals surface area contributed by atoms with E-state index in [1.165, 1.54) is 6.07 Å². The zero-order valence-electron chi connectivity index (χ0n) is 8.52. The van der Waals surface area contributed by atoms with Gasteiger partial charge in [-0.2, -0.15) is 0 Å². The topological polar surface area (TPSA) is 47.3 Å². The van der Waals surface area contributed by atoms with E-state index in [2.05, 4.69) is 5.32 Å². The van der Waals surface area contributed by atoms with Gasteiger partial charge < -0.3 is 15.8 Å². The SMILES string of the molecule is CCOCCNc1c(N)ccc(F)c1F. The lowest BCUT2D eigenvalue weighted by molar-refractivity contribution is 0.158. The van der Waals surface area contributed by atoms with Gasteiger partial charge in [0.15, 0.2) is 11.6 Å². The van der Waals surface area contributed by atoms with Gasteiger partial charge in [-0.15, -0.1) is 0 Å². The zero-order valence-corrected chi connectivity index (χ0v) is 8.52. The summed E-state index contributed by atoms with van der Waals surface area (Å²) in [5, 5.41) is 2.69. The monoisotopic (exact) mass is 216 g/mol. The van der Waals surface area contributed by atoms with E-state index in [1.807, 2.05) is 6.92 Å². The quantitative estimate of drug-likeness (QED) is 0.584. The normalized spacial score (nSPS) is 10.3. The molecule has 0 heterocycles. The number of hydrogen-bond acceptors (Lipinski definition) is 3. The summed E-state index contributed by atoms with van der Waals surface area (Å²) in [4.78, 5) is 0. The number of halogens is 2. The average Bonchev–Trinajstić information content (AvgIpc) is 2.23. The van der Waals surface area contributed by atoms with Crippen LogP contribution in [0, 0.1) is 11.6 Å². The highest BCUT2D eigenvalue weighted by Gasteiger charge is 2.10. The van der Waals surface area contributed by atoms with E-state index >= 15 is 0 Å². The van der Waals surface area contributed by atoms with Gasteiger partial charge in [0.2, 0.25) is 0 Å². The van der Waals surface area contributed by atoms with E-state index in [9.17, 15) is 8.78 Å². The molecule has 0 unspecified atom stereocenters. The molecule has 84 valence electrons. The van der Waals surface area contributed by atoms with Crippen LogP contribution in [0.25, 0.3) is 0 Å². The summed E-state index contributed by atoms with van der Waals surface area (Å²) in [6.07, 6.45) is 0. The van der Waals surface area contributed by atoms with Crippen LogP contribution in [0.5, 0.6) is 0 Å². The third-order valence-corrected chi connectivity index (χ3v) is 1.88. The maximum Gasteiger partial charge on any atom is 0.183 e. The molecule has 0 saturated heterocycles. The second kappa shape index (κ2) is 5.50. The van der Waals surface area contributed by atoms with Crippen molar-refractivity contribution in [3.05, 3.63) is 23.8 Å². The van der Waals surface area contributed by atoms with Crippen molar-refractivity contribution in [2.45, 2.75) is 6.92 Å². The Bertz CT molecular complexity index is 331. The Morgan fingerprint density at radius 1 is 1.40 bits per heavy atom. The Kier molecular flexibility index (Phi) is 4.30. The van der Waals surface area contributed by atoms with Gasteiger partial charge in [0.25, 0.3) is 0 Å². The number of ether oxygens (including phenoxy) is 1. The van der Waals surface area contributed by atoms with E-state index in [4.69, 9.17) is 10.5 Å². The molecular weight excluding hydrogens is 202 g/mol. The first-order valence-corrected chi connectivity index (χ1v) is 4.72. The van der Waals surface area contributed by atoms with Crippen molar-refractivity contribution in [1.29, 1.82) is 0 Å². The van der Waals surface area contributed by atoms with Gasteiger partial charge in [-0.1, -0.05) is 0 Å². The van der Waals surface area contributed by atoms with Gasteiger partial charge in [0.1, 0.15) is 0 Å². The molecule has 0 bridgehead atoms. The summed E-state index contributed by atoms with van der Waals surface area (Å²) in [6.45, 7) is 3.25. The number of nitrogens with one attached hydrogen (secondary N) is 1. The molecule has 1 rings (SSSR count). The molecule has 0 amide bonds. The number of nitrogen functional groups attached to an aromatic ring is 1. The van der Waals surface area contributed by atoms with Gasteiger partial charge in [-0.25, -0.2) is 8.78 Å². The van der Waals surface area contributed by atoms with E-state index in [-0.39, 0.29) is 11.4 Å². The van der Waals surface area contributed by atoms with E-state index in [0.29, 0.717) is 19.8 Å². The van der Waals surface area contributed by atoms with Crippen LogP contribution in [0.15, 0.2) is 12.1 Å². The fraction of sp³-hybridized carbons (Fsp3) is 0.400. The molecule has 0 aliphatic heterocycles. The lowest BCUT2D eigenvalue weighted by Gasteiger charge is -2.10. The van der Waals surface area contributed by atoms with Crippen LogP contribution in [0.1, 0.15) is 6.92 Å². The number of anilines is 2. The Labute approximate surface area is 87.2 Å². The Morgan fingerprint density at radius 2 is 2.13 bits per heavy atom. The minimum atomic E-state index is -0.952. The van der Waals surface area contributed by atoms with Crippen LogP contribution in [0.3, 0.4) is 0 Å². The summed E-state index contributed by atoms with van der Waals surface area (Å²) in [6, 6.07) is 2.32. The molecule has 1 aromatic rings. The summed E-state index contributed by atoms with van der Waals surface area (Å²) < 4.78 is 31.1. The molecule has 5 heteroatoms. The standard InChI is InChI=1S/C10H14F2N2O/c1-2-15-6-5-14-10-8(13)4-3-7(11)9(10)12/h3-4,14H,2,5-6,13H2,1H3. The number of nitrogens with two attached hydrogens (primary N) is 1. The largest absolute Gasteiger partial charge is 0.397 e. The second-order valence-electron chi connectivity index (χ2n) is 2.95. The summed E-state index contributed by atoms with van der Waals surface area (Å²) >= 11 is 0. The maximum atomic E-state index is 13.2. The molecule has 0 aromatic heterocycles. The first kappa shape index (κ1) is 11.7. The smallest absolute Gasteiger partial charge is 0.183 e. The van der Waals surface area contributed by atoms with E-state index in [0.717, 1.165) is 6.07 Å². The van der Waals surface area contributed by atoms with Gasteiger partial charge in [0, 0.05) is 13.2 Å². The van der Waals surface area contributed by atoms with Gasteiger partial charge in [0.05, 0.1) is 18.0 Å². The Balaban J connectivity index is 2.63. The third kappa shape index (κ3) is 3.06. The number of benzene rings is 1. The minimum Gasteiger partial charge on any atom is -0.397 e. The minimum absolute atomic E-state index is 0.00490. The predicted octanol–water partition coefficient (Wildman–Crippen LogP) is 2.00. The molecule has 0 fully saturated rings. The summed E-state index contributed by atoms with van der Waals surface area (Å²) in [5.74, 6) is -1.87. The Hall–Kier alpha value is -1.36. The maximum absolute atomic E-state index is 13.2. The first-order chi connectivity index (χ1) is 7.16. The van der Waals surface area contributed by atoms with Gasteiger partial charge in [-0.3, -0.25) is 0 Å². The first-order valence-electron chi connectivity index (χ1n) is 4.72. The molecule has 3 nitrogen and oxygen atoms in total. The summed E-state index contributed by atoms with van der Waals surface area (Å²) in [7, 11) is 0. The van der Waals surface area contributed by atoms with Gasteiger partial charge >= 0.3 is 0 Å². The lowest BCUT2D eigenvalue weighted by Crippen LogP contribution is -2.12. The number of hydrogen-bond donors (Lipinski definition) is 2. The fourth-order valence-electron chi connectivity index (χ4n) is 1.14. The van der Waals surface area contributed by atoms with Crippen molar-refractivity contribution in [2.75, 3.05) is 30.8 Å². The van der Waals surface area contributed by atoms with Crippen molar-refractivity contribution >= 4 is 11.4 Å². The van der Waals surface area contributed by atoms with Crippen LogP contribution in [-0.4, -0.2) is 19.8 Å². The van der Waals surface area contributed by atoms with Crippen LogP contribution in [-0.2, 0) is 4.74 Å². The van der Waals surface area contributed by atoms with E-state index < -0.39 is 11.6 Å². The Morgan fingerprint density at radius 3 is 2.80 bits per heavy atom. The zero-order chi connectivity index (χ0) is 11.3. The summed E-state index contributed by atoms with van der Waals surface area (Å²) in [5.41, 5.74) is 5.68. The molecule has 0 aliphatic carbocycles. The highest BCUT2D eigenvalue weighted by Crippen LogP contribution is 2.23. The van der Waals surface area contributed by atoms with Crippen LogP contribution in [0.4, 0.5) is 20.2 Å². The third-order valence-electron chi connectivity index (χ3n) is 1.88. The van der Waals surface area contributed by atoms with Crippen molar-refractivity contribution in [3.8, 4) is 0 Å². The number of rotatable bonds is 5. The molecule has 0 spiro atoms. The second-order valence-corrected chi connectivity index (χ2v) is 2.95. The molecule has 0 saturated carbocycles. The molecular formula is C10H14F2N2O. The van der Waals surface area contributed by atoms with Crippen molar-refractivity contribution in [2.24, 2.45) is 0 Å². The van der Waals surface area contributed by atoms with E-state index in [1.54, 1.807) is 0 Å².